The van der Waals surface area contributed by atoms with Crippen LogP contribution in [0.5, 0.6) is 34.5 Å². The van der Waals surface area contributed by atoms with Gasteiger partial charge in [0.05, 0.1) is 21.3 Å². The highest BCUT2D eigenvalue weighted by Crippen LogP contribution is 2.58. The number of benzene rings is 2. The molecule has 0 saturated carbocycles. The summed E-state index contributed by atoms with van der Waals surface area (Å²) in [5, 5.41) is 11.5. The van der Waals surface area contributed by atoms with Crippen molar-refractivity contribution in [2.75, 3.05) is 28.1 Å². The van der Waals surface area contributed by atoms with E-state index in [0.717, 1.165) is 24.8 Å². The van der Waals surface area contributed by atoms with Gasteiger partial charge in [-0.25, -0.2) is 0 Å². The first-order valence-corrected chi connectivity index (χ1v) is 12.5. The number of phenolic OH excluding ortho intramolecular Hbond substituents is 1. The average molecular weight is 501 g/mol. The smallest absolute Gasteiger partial charge is 0.306 e. The number of hydrogen-bond acceptors (Lipinski definition) is 8. The molecule has 1 aliphatic carbocycles. The predicted molar refractivity (Wildman–Crippen MR) is 134 cm³/mol. The van der Waals surface area contributed by atoms with Crippen molar-refractivity contribution < 1.29 is 38.3 Å². The van der Waals surface area contributed by atoms with Crippen molar-refractivity contribution in [1.82, 2.24) is 0 Å². The van der Waals surface area contributed by atoms with Crippen LogP contribution in [0.15, 0.2) is 12.1 Å². The summed E-state index contributed by atoms with van der Waals surface area (Å²) in [6.45, 7) is 6.35. The monoisotopic (exact) mass is 500 g/mol. The Bertz CT molecular complexity index is 1130. The van der Waals surface area contributed by atoms with E-state index < -0.39 is 6.10 Å². The Labute approximate surface area is 212 Å². The number of aromatic hydroxyl groups is 1. The van der Waals surface area contributed by atoms with Gasteiger partial charge in [-0.05, 0) is 36.5 Å². The van der Waals surface area contributed by atoms with Crippen LogP contribution in [0.25, 0.3) is 11.1 Å². The highest BCUT2D eigenvalue weighted by molar-refractivity contribution is 5.88. The Morgan fingerprint density at radius 2 is 1.78 bits per heavy atom. The van der Waals surface area contributed by atoms with Gasteiger partial charge in [0.25, 0.3) is 0 Å². The molecule has 196 valence electrons. The third-order valence-corrected chi connectivity index (χ3v) is 7.30. The second kappa shape index (κ2) is 10.8. The van der Waals surface area contributed by atoms with Crippen LogP contribution in [0.4, 0.5) is 0 Å². The number of carbonyl (C=O) groups excluding carboxylic acids is 1. The van der Waals surface area contributed by atoms with Gasteiger partial charge in [0.15, 0.2) is 23.0 Å². The molecule has 8 nitrogen and oxygen atoms in total. The fourth-order valence-electron chi connectivity index (χ4n) is 5.18. The summed E-state index contributed by atoms with van der Waals surface area (Å²) >= 11 is 0. The van der Waals surface area contributed by atoms with Gasteiger partial charge in [-0.3, -0.25) is 4.79 Å². The molecule has 3 atom stereocenters. The van der Waals surface area contributed by atoms with Crippen LogP contribution in [0.2, 0.25) is 0 Å². The highest BCUT2D eigenvalue weighted by Gasteiger charge is 2.39. The third-order valence-electron chi connectivity index (χ3n) is 7.30. The van der Waals surface area contributed by atoms with Crippen LogP contribution in [0, 0.1) is 11.8 Å². The summed E-state index contributed by atoms with van der Waals surface area (Å²) in [5.74, 6) is 1.80. The summed E-state index contributed by atoms with van der Waals surface area (Å²) in [4.78, 5) is 12.9. The first kappa shape index (κ1) is 25.8. The van der Waals surface area contributed by atoms with Crippen LogP contribution in [-0.4, -0.2) is 39.2 Å². The standard InChI is InChI=1S/C28H36O8/c1-7-8-9-10-21(29)36-25-16(3)15(2)11-17-12-19(31-4)26(32-5)24(30)22(17)23-18(25)13-20-27(28(23)33-6)35-14-34-20/h12-13,15-16,25,30H,7-11,14H2,1-6H3/t15-,16-,25+/m1/s1. The fraction of sp³-hybridized carbons (Fsp3) is 0.536. The number of hydrogen-bond donors (Lipinski definition) is 1. The van der Waals surface area contributed by atoms with Crippen molar-refractivity contribution in [1.29, 1.82) is 0 Å². The molecule has 4 rings (SSSR count). The first-order valence-electron chi connectivity index (χ1n) is 12.5. The molecule has 0 fully saturated rings. The molecule has 0 unspecified atom stereocenters. The molecular weight excluding hydrogens is 464 g/mol. The molecule has 1 N–H and O–H groups in total. The minimum Gasteiger partial charge on any atom is -0.504 e. The molecule has 0 aromatic heterocycles. The molecule has 2 aliphatic rings. The highest BCUT2D eigenvalue weighted by atomic mass is 16.7. The SMILES string of the molecule is CCCCCC(=O)O[C@@H]1c2cc3c(c(OC)c2-c2c(cc(OC)c(OC)c2O)C[C@@H](C)[C@H]1C)OCO3. The molecule has 36 heavy (non-hydrogen) atoms. The second-order valence-electron chi connectivity index (χ2n) is 9.51. The van der Waals surface area contributed by atoms with E-state index in [9.17, 15) is 9.90 Å². The normalized spacial score (nSPS) is 20.0. The Hall–Kier alpha value is -3.29. The molecule has 0 radical (unpaired) electrons. The van der Waals surface area contributed by atoms with Crippen molar-refractivity contribution in [2.45, 2.75) is 59.0 Å². The van der Waals surface area contributed by atoms with Crippen LogP contribution < -0.4 is 23.7 Å². The van der Waals surface area contributed by atoms with Crippen molar-refractivity contribution >= 4 is 5.97 Å². The summed E-state index contributed by atoms with van der Waals surface area (Å²) in [6.07, 6.45) is 3.17. The minimum atomic E-state index is -0.576. The molecule has 0 bridgehead atoms. The van der Waals surface area contributed by atoms with E-state index in [4.69, 9.17) is 28.4 Å². The zero-order chi connectivity index (χ0) is 26.0. The molecule has 2 aromatic carbocycles. The Kier molecular flexibility index (Phi) is 7.71. The van der Waals surface area contributed by atoms with Crippen molar-refractivity contribution in [2.24, 2.45) is 11.8 Å². The molecule has 0 saturated heterocycles. The van der Waals surface area contributed by atoms with E-state index in [1.54, 1.807) is 14.2 Å². The summed E-state index contributed by atoms with van der Waals surface area (Å²) < 4.78 is 34.6. The van der Waals surface area contributed by atoms with Crippen LogP contribution in [0.3, 0.4) is 0 Å². The van der Waals surface area contributed by atoms with Gasteiger partial charge in [0.2, 0.25) is 18.3 Å². The van der Waals surface area contributed by atoms with Crippen LogP contribution >= 0.6 is 0 Å². The van der Waals surface area contributed by atoms with Gasteiger partial charge in [0, 0.05) is 29.0 Å². The minimum absolute atomic E-state index is 0.0349. The molecule has 0 amide bonds. The maximum absolute atomic E-state index is 12.9. The maximum atomic E-state index is 12.9. The topological polar surface area (TPSA) is 92.7 Å². The molecule has 0 spiro atoms. The molecule has 8 heteroatoms. The van der Waals surface area contributed by atoms with E-state index >= 15 is 0 Å². The van der Waals surface area contributed by atoms with E-state index in [-0.39, 0.29) is 36.1 Å². The zero-order valence-corrected chi connectivity index (χ0v) is 21.9. The molecule has 1 aliphatic heterocycles. The number of unbranched alkanes of at least 4 members (excludes halogenated alkanes) is 2. The lowest BCUT2D eigenvalue weighted by molar-refractivity contribution is -0.153. The number of fused-ring (bicyclic) bond motifs is 4. The Balaban J connectivity index is 1.98. The lowest BCUT2D eigenvalue weighted by atomic mass is 9.76. The average Bonchev–Trinajstić information content (AvgIpc) is 3.34. The summed E-state index contributed by atoms with van der Waals surface area (Å²) in [5.41, 5.74) is 2.71. The second-order valence-corrected chi connectivity index (χ2v) is 9.51. The number of ether oxygens (including phenoxy) is 6. The lowest BCUT2D eigenvalue weighted by Gasteiger charge is -2.35. The third kappa shape index (κ3) is 4.49. The number of rotatable bonds is 8. The molecule has 2 aromatic rings. The van der Waals surface area contributed by atoms with E-state index in [0.29, 0.717) is 52.5 Å². The first-order chi connectivity index (χ1) is 17.4. The van der Waals surface area contributed by atoms with Crippen molar-refractivity contribution in [3.63, 3.8) is 0 Å². The number of phenols is 1. The lowest BCUT2D eigenvalue weighted by Crippen LogP contribution is -2.26. The molecular formula is C28H36O8. The van der Waals surface area contributed by atoms with Gasteiger partial charge in [-0.2, -0.15) is 0 Å². The quantitative estimate of drug-likeness (QED) is 0.359. The zero-order valence-electron chi connectivity index (χ0n) is 21.9. The van der Waals surface area contributed by atoms with Crippen LogP contribution in [-0.2, 0) is 16.0 Å². The Morgan fingerprint density at radius 3 is 2.44 bits per heavy atom. The van der Waals surface area contributed by atoms with Gasteiger partial charge < -0.3 is 33.5 Å². The van der Waals surface area contributed by atoms with Gasteiger partial charge in [-0.1, -0.05) is 33.6 Å². The Morgan fingerprint density at radius 1 is 1.03 bits per heavy atom. The predicted octanol–water partition coefficient (Wildman–Crippen LogP) is 5.81. The fourth-order valence-corrected chi connectivity index (χ4v) is 5.18. The summed E-state index contributed by atoms with van der Waals surface area (Å²) in [6, 6.07) is 3.74. The van der Waals surface area contributed by atoms with E-state index in [2.05, 4.69) is 20.8 Å². The maximum Gasteiger partial charge on any atom is 0.306 e. The van der Waals surface area contributed by atoms with Gasteiger partial charge >= 0.3 is 5.97 Å². The number of methoxy groups -OCH3 is 3. The molecule has 1 heterocycles. The van der Waals surface area contributed by atoms with Crippen molar-refractivity contribution in [3.05, 3.63) is 23.3 Å². The largest absolute Gasteiger partial charge is 0.504 e. The van der Waals surface area contributed by atoms with Gasteiger partial charge in [-0.15, -0.1) is 0 Å². The van der Waals surface area contributed by atoms with E-state index in [1.165, 1.54) is 7.11 Å². The van der Waals surface area contributed by atoms with E-state index in [1.807, 2.05) is 12.1 Å². The van der Waals surface area contributed by atoms with Crippen molar-refractivity contribution in [3.8, 4) is 45.6 Å². The van der Waals surface area contributed by atoms with Crippen LogP contribution in [0.1, 0.15) is 63.7 Å². The van der Waals surface area contributed by atoms with Gasteiger partial charge in [0.1, 0.15) is 6.10 Å². The number of carbonyl (C=O) groups is 1. The summed E-state index contributed by atoms with van der Waals surface area (Å²) in [7, 11) is 4.57. The number of esters is 1.